The van der Waals surface area contributed by atoms with Gasteiger partial charge in [-0.25, -0.2) is 0 Å². The summed E-state index contributed by atoms with van der Waals surface area (Å²) in [5.41, 5.74) is 7.48. The lowest BCUT2D eigenvalue weighted by molar-refractivity contribution is -0.133. The molecule has 1 fully saturated rings. The van der Waals surface area contributed by atoms with Gasteiger partial charge in [-0.15, -0.1) is 0 Å². The van der Waals surface area contributed by atoms with Crippen LogP contribution in [0.15, 0.2) is 24.3 Å². The second kappa shape index (κ2) is 4.69. The van der Waals surface area contributed by atoms with Gasteiger partial charge in [0.1, 0.15) is 0 Å². The number of nitrogens with two attached hydrogens (primary N) is 1. The van der Waals surface area contributed by atoms with E-state index < -0.39 is 5.41 Å². The second-order valence-corrected chi connectivity index (χ2v) is 5.47. The van der Waals surface area contributed by atoms with Gasteiger partial charge >= 0.3 is 0 Å². The molecule has 2 rings (SSSR count). The molecular weight excluding hydrogens is 244 g/mol. The van der Waals surface area contributed by atoms with Crippen molar-refractivity contribution in [3.8, 4) is 0 Å². The highest BCUT2D eigenvalue weighted by molar-refractivity contribution is 7.80. The van der Waals surface area contributed by atoms with Crippen LogP contribution in [0.3, 0.4) is 0 Å². The van der Waals surface area contributed by atoms with Crippen molar-refractivity contribution in [1.29, 1.82) is 0 Å². The standard InChI is InChI=1S/C14H18N2OS/c1-10-5-3-4-6-11(10)9-16(2)13(17)14(7-8-14)12(15)18/h3-6H,7-9H2,1-2H3,(H2,15,18). The maximum atomic E-state index is 12.3. The number of hydrogen-bond acceptors (Lipinski definition) is 2. The molecular formula is C14H18N2OS. The Morgan fingerprint density at radius 3 is 2.56 bits per heavy atom. The number of carbonyl (C=O) groups excluding carboxylic acids is 1. The monoisotopic (exact) mass is 262 g/mol. The van der Waals surface area contributed by atoms with E-state index in [0.29, 0.717) is 11.5 Å². The minimum atomic E-state index is -0.549. The van der Waals surface area contributed by atoms with Gasteiger partial charge in [0.15, 0.2) is 0 Å². The first-order valence-electron chi connectivity index (χ1n) is 6.07. The van der Waals surface area contributed by atoms with Crippen LogP contribution in [0.1, 0.15) is 24.0 Å². The van der Waals surface area contributed by atoms with Gasteiger partial charge in [-0.2, -0.15) is 0 Å². The molecule has 1 aromatic carbocycles. The zero-order valence-electron chi connectivity index (χ0n) is 10.8. The summed E-state index contributed by atoms with van der Waals surface area (Å²) in [7, 11) is 1.81. The zero-order valence-corrected chi connectivity index (χ0v) is 11.6. The van der Waals surface area contributed by atoms with E-state index >= 15 is 0 Å². The number of thiocarbonyl (C=S) groups is 1. The van der Waals surface area contributed by atoms with Gasteiger partial charge in [0.05, 0.1) is 10.4 Å². The van der Waals surface area contributed by atoms with Crippen molar-refractivity contribution in [3.05, 3.63) is 35.4 Å². The number of carbonyl (C=O) groups is 1. The van der Waals surface area contributed by atoms with E-state index in [0.717, 1.165) is 18.4 Å². The summed E-state index contributed by atoms with van der Waals surface area (Å²) in [6.07, 6.45) is 1.58. The molecule has 0 unspecified atom stereocenters. The first-order valence-corrected chi connectivity index (χ1v) is 6.48. The molecule has 0 spiro atoms. The largest absolute Gasteiger partial charge is 0.392 e. The molecule has 1 aliphatic rings. The number of rotatable bonds is 4. The van der Waals surface area contributed by atoms with Gasteiger partial charge in [-0.1, -0.05) is 36.5 Å². The summed E-state index contributed by atoms with van der Waals surface area (Å²) in [5.74, 6) is 0.0539. The van der Waals surface area contributed by atoms with Crippen LogP contribution in [-0.4, -0.2) is 22.8 Å². The third kappa shape index (κ3) is 2.25. The Labute approximate surface area is 113 Å². The maximum Gasteiger partial charge on any atom is 0.235 e. The molecule has 0 radical (unpaired) electrons. The van der Waals surface area contributed by atoms with Gasteiger partial charge in [-0.3, -0.25) is 4.79 Å². The highest BCUT2D eigenvalue weighted by atomic mass is 32.1. The molecule has 0 aromatic heterocycles. The summed E-state index contributed by atoms with van der Waals surface area (Å²) in [5, 5.41) is 0. The molecule has 18 heavy (non-hydrogen) atoms. The van der Waals surface area contributed by atoms with E-state index in [2.05, 4.69) is 0 Å². The lowest BCUT2D eigenvalue weighted by Gasteiger charge is -2.23. The van der Waals surface area contributed by atoms with Crippen molar-refractivity contribution in [3.63, 3.8) is 0 Å². The minimum Gasteiger partial charge on any atom is -0.392 e. The fourth-order valence-electron chi connectivity index (χ4n) is 2.17. The molecule has 3 nitrogen and oxygen atoms in total. The van der Waals surface area contributed by atoms with Gasteiger partial charge in [0, 0.05) is 13.6 Å². The summed E-state index contributed by atoms with van der Waals surface area (Å²) < 4.78 is 0. The van der Waals surface area contributed by atoms with Crippen LogP contribution in [0, 0.1) is 12.3 Å². The van der Waals surface area contributed by atoms with Crippen LogP contribution in [-0.2, 0) is 11.3 Å². The normalized spacial score (nSPS) is 16.1. The van der Waals surface area contributed by atoms with Crippen LogP contribution in [0.4, 0.5) is 0 Å². The van der Waals surface area contributed by atoms with E-state index in [9.17, 15) is 4.79 Å². The number of aryl methyl sites for hydroxylation is 1. The topological polar surface area (TPSA) is 46.3 Å². The molecule has 96 valence electrons. The lowest BCUT2D eigenvalue weighted by atomic mass is 10.0. The fourth-order valence-corrected chi connectivity index (χ4v) is 2.46. The molecule has 0 heterocycles. The molecule has 1 amide bonds. The van der Waals surface area contributed by atoms with E-state index in [1.807, 2.05) is 38.2 Å². The van der Waals surface area contributed by atoms with Crippen LogP contribution in [0.2, 0.25) is 0 Å². The number of amides is 1. The Balaban J connectivity index is 2.10. The van der Waals surface area contributed by atoms with Gasteiger partial charge in [0.2, 0.25) is 5.91 Å². The summed E-state index contributed by atoms with van der Waals surface area (Å²) >= 11 is 5.01. The fraction of sp³-hybridized carbons (Fsp3) is 0.429. The molecule has 0 bridgehead atoms. The molecule has 1 saturated carbocycles. The molecule has 2 N–H and O–H groups in total. The van der Waals surface area contributed by atoms with Crippen molar-refractivity contribution in [2.75, 3.05) is 7.05 Å². The van der Waals surface area contributed by atoms with E-state index in [-0.39, 0.29) is 5.91 Å². The molecule has 0 aliphatic heterocycles. The first kappa shape index (κ1) is 13.0. The van der Waals surface area contributed by atoms with E-state index in [1.165, 1.54) is 5.56 Å². The van der Waals surface area contributed by atoms with E-state index in [4.69, 9.17) is 18.0 Å². The molecule has 1 aromatic rings. The quantitative estimate of drug-likeness (QED) is 0.844. The van der Waals surface area contributed by atoms with Crippen molar-refractivity contribution in [2.24, 2.45) is 11.1 Å². The van der Waals surface area contributed by atoms with Crippen LogP contribution in [0.25, 0.3) is 0 Å². The van der Waals surface area contributed by atoms with Crippen molar-refractivity contribution in [2.45, 2.75) is 26.3 Å². The summed E-state index contributed by atoms with van der Waals surface area (Å²) in [6.45, 7) is 2.66. The van der Waals surface area contributed by atoms with Crippen molar-refractivity contribution in [1.82, 2.24) is 4.90 Å². The summed E-state index contributed by atoms with van der Waals surface area (Å²) in [6, 6.07) is 8.08. The highest BCUT2D eigenvalue weighted by Gasteiger charge is 2.53. The third-order valence-electron chi connectivity index (χ3n) is 3.65. The van der Waals surface area contributed by atoms with E-state index in [1.54, 1.807) is 4.90 Å². The Morgan fingerprint density at radius 2 is 2.06 bits per heavy atom. The van der Waals surface area contributed by atoms with Gasteiger partial charge in [0.25, 0.3) is 0 Å². The van der Waals surface area contributed by atoms with Crippen LogP contribution in [0.5, 0.6) is 0 Å². The average Bonchev–Trinajstić information content (AvgIpc) is 3.12. The van der Waals surface area contributed by atoms with Crippen molar-refractivity contribution >= 4 is 23.1 Å². The second-order valence-electron chi connectivity index (χ2n) is 5.03. The van der Waals surface area contributed by atoms with Gasteiger partial charge < -0.3 is 10.6 Å². The lowest BCUT2D eigenvalue weighted by Crippen LogP contribution is -2.40. The molecule has 4 heteroatoms. The Morgan fingerprint density at radius 1 is 1.44 bits per heavy atom. The SMILES string of the molecule is Cc1ccccc1CN(C)C(=O)C1(C(N)=S)CC1. The molecule has 0 saturated heterocycles. The molecule has 0 atom stereocenters. The predicted octanol–water partition coefficient (Wildman–Crippen LogP) is 2.02. The highest BCUT2D eigenvalue weighted by Crippen LogP contribution is 2.47. The summed E-state index contributed by atoms with van der Waals surface area (Å²) in [4.78, 5) is 14.4. The molecule has 1 aliphatic carbocycles. The van der Waals surface area contributed by atoms with Crippen LogP contribution < -0.4 is 5.73 Å². The number of hydrogen-bond donors (Lipinski definition) is 1. The maximum absolute atomic E-state index is 12.3. The minimum absolute atomic E-state index is 0.0539. The average molecular weight is 262 g/mol. The Kier molecular flexibility index (Phi) is 3.39. The predicted molar refractivity (Wildman–Crippen MR) is 76.1 cm³/mol. The van der Waals surface area contributed by atoms with Crippen LogP contribution >= 0.6 is 12.2 Å². The number of benzene rings is 1. The first-order chi connectivity index (χ1) is 8.47. The third-order valence-corrected chi connectivity index (χ3v) is 4.04. The zero-order chi connectivity index (χ0) is 13.3. The Hall–Kier alpha value is -1.42. The smallest absolute Gasteiger partial charge is 0.235 e. The van der Waals surface area contributed by atoms with Crippen molar-refractivity contribution < 1.29 is 4.79 Å². The Bertz CT molecular complexity index is 494. The van der Waals surface area contributed by atoms with Gasteiger partial charge in [-0.05, 0) is 30.9 Å². The number of nitrogens with zero attached hydrogens (tertiary/aromatic N) is 1.